The Morgan fingerprint density at radius 3 is 2.29 bits per heavy atom. The van der Waals surface area contributed by atoms with Crippen molar-refractivity contribution in [2.45, 2.75) is 44.9 Å². The molecule has 14 heavy (non-hydrogen) atoms. The predicted octanol–water partition coefficient (Wildman–Crippen LogP) is 4.00. The third kappa shape index (κ3) is 2.87. The summed E-state index contributed by atoms with van der Waals surface area (Å²) in [5, 5.41) is 0. The molecule has 75 valence electrons. The SMILES string of the molecule is [c]1ccc(CC2CCCCCC2)cc1. The van der Waals surface area contributed by atoms with Gasteiger partial charge in [0.1, 0.15) is 0 Å². The predicted molar refractivity (Wildman–Crippen MR) is 60.2 cm³/mol. The van der Waals surface area contributed by atoms with Crippen molar-refractivity contribution in [3.8, 4) is 0 Å². The van der Waals surface area contributed by atoms with Gasteiger partial charge in [-0.15, -0.1) is 0 Å². The highest BCUT2D eigenvalue weighted by Crippen LogP contribution is 2.25. The third-order valence-electron chi connectivity index (χ3n) is 3.29. The molecule has 0 heterocycles. The van der Waals surface area contributed by atoms with E-state index >= 15 is 0 Å². The van der Waals surface area contributed by atoms with Crippen LogP contribution in [-0.2, 0) is 6.42 Å². The van der Waals surface area contributed by atoms with Crippen molar-refractivity contribution in [2.24, 2.45) is 5.92 Å². The number of rotatable bonds is 2. The normalized spacial score (nSPS) is 19.1. The molecule has 0 heteroatoms. The first-order chi connectivity index (χ1) is 6.95. The van der Waals surface area contributed by atoms with E-state index in [-0.39, 0.29) is 0 Å². The fraction of sp³-hybridized carbons (Fsp3) is 0.571. The van der Waals surface area contributed by atoms with Gasteiger partial charge >= 0.3 is 0 Å². The minimum absolute atomic E-state index is 0.944. The summed E-state index contributed by atoms with van der Waals surface area (Å²) in [7, 11) is 0. The van der Waals surface area contributed by atoms with E-state index in [2.05, 4.69) is 18.2 Å². The zero-order chi connectivity index (χ0) is 9.64. The Labute approximate surface area is 87.3 Å². The van der Waals surface area contributed by atoms with Crippen molar-refractivity contribution >= 4 is 0 Å². The molecule has 0 atom stereocenters. The molecule has 1 radical (unpaired) electrons. The van der Waals surface area contributed by atoms with Crippen molar-refractivity contribution in [2.75, 3.05) is 0 Å². The van der Waals surface area contributed by atoms with Crippen LogP contribution < -0.4 is 0 Å². The molecule has 0 nitrogen and oxygen atoms in total. The number of benzene rings is 1. The van der Waals surface area contributed by atoms with Crippen LogP contribution >= 0.6 is 0 Å². The average Bonchev–Trinajstić information content (AvgIpc) is 2.48. The van der Waals surface area contributed by atoms with Gasteiger partial charge in [0.05, 0.1) is 0 Å². The molecule has 0 saturated heterocycles. The van der Waals surface area contributed by atoms with Crippen molar-refractivity contribution < 1.29 is 0 Å². The Kier molecular flexibility index (Phi) is 3.62. The average molecular weight is 187 g/mol. The van der Waals surface area contributed by atoms with E-state index in [1.807, 2.05) is 12.1 Å². The van der Waals surface area contributed by atoms with Crippen molar-refractivity contribution in [1.29, 1.82) is 0 Å². The molecule has 0 N–H and O–H groups in total. The number of hydrogen-bond acceptors (Lipinski definition) is 0. The molecule has 0 bridgehead atoms. The maximum atomic E-state index is 3.08. The summed E-state index contributed by atoms with van der Waals surface area (Å²) < 4.78 is 0. The second kappa shape index (κ2) is 5.19. The van der Waals surface area contributed by atoms with Gasteiger partial charge in [0.2, 0.25) is 0 Å². The summed E-state index contributed by atoms with van der Waals surface area (Å²) >= 11 is 0. The van der Waals surface area contributed by atoms with Gasteiger partial charge in [-0.1, -0.05) is 62.8 Å². The first-order valence-corrected chi connectivity index (χ1v) is 5.90. The highest BCUT2D eigenvalue weighted by Gasteiger charge is 2.12. The molecule has 2 rings (SSSR count). The molecule has 0 amide bonds. The topological polar surface area (TPSA) is 0 Å². The van der Waals surface area contributed by atoms with Gasteiger partial charge < -0.3 is 0 Å². The summed E-state index contributed by atoms with van der Waals surface area (Å²) in [5.74, 6) is 0.944. The minimum Gasteiger partial charge on any atom is -0.0584 e. The van der Waals surface area contributed by atoms with E-state index in [9.17, 15) is 0 Å². The van der Waals surface area contributed by atoms with Crippen molar-refractivity contribution in [3.05, 3.63) is 35.9 Å². The first-order valence-electron chi connectivity index (χ1n) is 5.90. The lowest BCUT2D eigenvalue weighted by atomic mass is 9.93. The molecule has 1 aliphatic carbocycles. The molecule has 0 unspecified atom stereocenters. The molecule has 0 aromatic heterocycles. The Morgan fingerprint density at radius 2 is 1.64 bits per heavy atom. The smallest absolute Gasteiger partial charge is 0.0184 e. The van der Waals surface area contributed by atoms with Gasteiger partial charge in [-0.3, -0.25) is 0 Å². The summed E-state index contributed by atoms with van der Waals surface area (Å²) in [6, 6.07) is 11.6. The lowest BCUT2D eigenvalue weighted by molar-refractivity contribution is 0.458. The van der Waals surface area contributed by atoms with Crippen LogP contribution in [0.2, 0.25) is 0 Å². The fourth-order valence-electron chi connectivity index (χ4n) is 2.46. The lowest BCUT2D eigenvalue weighted by Gasteiger charge is -2.13. The summed E-state index contributed by atoms with van der Waals surface area (Å²) in [6.45, 7) is 0. The number of hydrogen-bond donors (Lipinski definition) is 0. The monoisotopic (exact) mass is 187 g/mol. The minimum atomic E-state index is 0.944. The highest BCUT2D eigenvalue weighted by molar-refractivity contribution is 5.14. The van der Waals surface area contributed by atoms with E-state index < -0.39 is 0 Å². The molecule has 1 aromatic rings. The Morgan fingerprint density at radius 1 is 1.00 bits per heavy atom. The van der Waals surface area contributed by atoms with Gasteiger partial charge in [-0.05, 0) is 24.0 Å². The zero-order valence-corrected chi connectivity index (χ0v) is 8.84. The Balaban J connectivity index is 1.90. The molecule has 0 aliphatic heterocycles. The van der Waals surface area contributed by atoms with Gasteiger partial charge in [0, 0.05) is 0 Å². The molecule has 0 spiro atoms. The van der Waals surface area contributed by atoms with Crippen LogP contribution in [0, 0.1) is 12.0 Å². The zero-order valence-electron chi connectivity index (χ0n) is 8.84. The van der Waals surface area contributed by atoms with Crippen molar-refractivity contribution in [1.82, 2.24) is 0 Å². The Bertz CT molecular complexity index is 242. The summed E-state index contributed by atoms with van der Waals surface area (Å²) in [4.78, 5) is 0. The highest BCUT2D eigenvalue weighted by atomic mass is 14.2. The van der Waals surface area contributed by atoms with E-state index in [4.69, 9.17) is 0 Å². The molecule has 1 aliphatic rings. The third-order valence-corrected chi connectivity index (χ3v) is 3.29. The molecular formula is C14H19. The van der Waals surface area contributed by atoms with Crippen LogP contribution in [0.25, 0.3) is 0 Å². The molecular weight excluding hydrogens is 168 g/mol. The van der Waals surface area contributed by atoms with E-state index in [1.165, 1.54) is 50.5 Å². The second-order valence-electron chi connectivity index (χ2n) is 4.47. The maximum absolute atomic E-state index is 3.08. The first kappa shape index (κ1) is 9.76. The van der Waals surface area contributed by atoms with Crippen LogP contribution in [-0.4, -0.2) is 0 Å². The molecule has 1 saturated carbocycles. The fourth-order valence-corrected chi connectivity index (χ4v) is 2.46. The second-order valence-corrected chi connectivity index (χ2v) is 4.47. The van der Waals surface area contributed by atoms with Gasteiger partial charge in [-0.25, -0.2) is 0 Å². The van der Waals surface area contributed by atoms with Crippen LogP contribution in [0.4, 0.5) is 0 Å². The van der Waals surface area contributed by atoms with E-state index in [0.717, 1.165) is 5.92 Å². The Hall–Kier alpha value is -0.780. The van der Waals surface area contributed by atoms with Gasteiger partial charge in [0.15, 0.2) is 0 Å². The van der Waals surface area contributed by atoms with Crippen LogP contribution in [0.15, 0.2) is 24.3 Å². The summed E-state index contributed by atoms with van der Waals surface area (Å²) in [6.07, 6.45) is 9.98. The van der Waals surface area contributed by atoms with Crippen molar-refractivity contribution in [3.63, 3.8) is 0 Å². The standard InChI is InChI=1S/C14H19/c1-2-5-9-13(8-4-1)12-14-10-6-3-7-11-14/h6-7,10-11,13H,1-2,4-5,8-9,12H2. The van der Waals surface area contributed by atoms with Crippen LogP contribution in [0.1, 0.15) is 44.1 Å². The van der Waals surface area contributed by atoms with E-state index in [1.54, 1.807) is 0 Å². The molecule has 1 aromatic carbocycles. The molecule has 1 fully saturated rings. The van der Waals surface area contributed by atoms with E-state index in [0.29, 0.717) is 0 Å². The van der Waals surface area contributed by atoms with Gasteiger partial charge in [0.25, 0.3) is 0 Å². The largest absolute Gasteiger partial charge is 0.0584 e. The maximum Gasteiger partial charge on any atom is -0.0184 e. The van der Waals surface area contributed by atoms with Crippen LogP contribution in [0.5, 0.6) is 0 Å². The van der Waals surface area contributed by atoms with Crippen LogP contribution in [0.3, 0.4) is 0 Å². The van der Waals surface area contributed by atoms with Gasteiger partial charge in [-0.2, -0.15) is 0 Å². The summed E-state index contributed by atoms with van der Waals surface area (Å²) in [5.41, 5.74) is 1.50. The quantitative estimate of drug-likeness (QED) is 0.614. The lowest BCUT2D eigenvalue weighted by Crippen LogP contribution is -2.02.